The molecule has 19 heavy (non-hydrogen) atoms. The molecule has 1 aromatic carbocycles. The van der Waals surface area contributed by atoms with Crippen molar-refractivity contribution in [3.63, 3.8) is 0 Å². The third-order valence-electron chi connectivity index (χ3n) is 2.83. The van der Waals surface area contributed by atoms with Gasteiger partial charge in [0.25, 0.3) is 0 Å². The Morgan fingerprint density at radius 1 is 1.26 bits per heavy atom. The van der Waals surface area contributed by atoms with Crippen molar-refractivity contribution in [3.8, 4) is 16.9 Å². The highest BCUT2D eigenvalue weighted by Gasteiger charge is 2.08. The summed E-state index contributed by atoms with van der Waals surface area (Å²) >= 11 is 6.22. The minimum absolute atomic E-state index is 0.244. The van der Waals surface area contributed by atoms with Crippen molar-refractivity contribution in [2.24, 2.45) is 0 Å². The zero-order valence-corrected chi connectivity index (χ0v) is 10.9. The number of hydrogen-bond acceptors (Lipinski definition) is 4. The van der Waals surface area contributed by atoms with E-state index in [1.807, 2.05) is 30.5 Å². The lowest BCUT2D eigenvalue weighted by Gasteiger charge is -2.07. The molecule has 3 aromatic rings. The van der Waals surface area contributed by atoms with Gasteiger partial charge in [0.05, 0.1) is 7.11 Å². The fourth-order valence-corrected chi connectivity index (χ4v) is 2.14. The number of fused-ring (bicyclic) bond motifs is 1. The first kappa shape index (κ1) is 11.8. The maximum atomic E-state index is 6.22. The van der Waals surface area contributed by atoms with Gasteiger partial charge in [-0.2, -0.15) is 4.98 Å². The van der Waals surface area contributed by atoms with Crippen molar-refractivity contribution in [1.82, 2.24) is 14.6 Å². The highest BCUT2D eigenvalue weighted by atomic mass is 35.5. The normalized spacial score (nSPS) is 10.8. The Morgan fingerprint density at radius 2 is 2.11 bits per heavy atom. The van der Waals surface area contributed by atoms with Crippen molar-refractivity contribution in [2.45, 2.75) is 0 Å². The van der Waals surface area contributed by atoms with Gasteiger partial charge in [0, 0.05) is 22.3 Å². The average molecular weight is 275 g/mol. The second-order valence-corrected chi connectivity index (χ2v) is 4.44. The molecule has 5 nitrogen and oxygen atoms in total. The summed E-state index contributed by atoms with van der Waals surface area (Å²) in [6.07, 6.45) is 1.83. The van der Waals surface area contributed by atoms with Crippen LogP contribution in [0.4, 0.5) is 5.95 Å². The first-order chi connectivity index (χ1) is 9.17. The molecule has 96 valence electrons. The van der Waals surface area contributed by atoms with E-state index in [-0.39, 0.29) is 5.95 Å². The molecule has 2 N–H and O–H groups in total. The summed E-state index contributed by atoms with van der Waals surface area (Å²) in [4.78, 5) is 4.08. The summed E-state index contributed by atoms with van der Waals surface area (Å²) in [7, 11) is 1.62. The fourth-order valence-electron chi connectivity index (χ4n) is 1.91. The molecule has 0 aliphatic heterocycles. The first-order valence-electron chi connectivity index (χ1n) is 5.63. The van der Waals surface area contributed by atoms with Crippen molar-refractivity contribution in [1.29, 1.82) is 0 Å². The predicted molar refractivity (Wildman–Crippen MR) is 74.4 cm³/mol. The number of aromatic nitrogens is 3. The highest BCUT2D eigenvalue weighted by molar-refractivity contribution is 6.33. The van der Waals surface area contributed by atoms with Crippen LogP contribution in [-0.2, 0) is 0 Å². The van der Waals surface area contributed by atoms with E-state index in [1.165, 1.54) is 0 Å². The number of halogens is 1. The van der Waals surface area contributed by atoms with Crippen molar-refractivity contribution >= 4 is 23.2 Å². The number of hydrogen-bond donors (Lipinski definition) is 1. The lowest BCUT2D eigenvalue weighted by molar-refractivity contribution is 0.415. The van der Waals surface area contributed by atoms with E-state index in [0.717, 1.165) is 16.9 Å². The summed E-state index contributed by atoms with van der Waals surface area (Å²) in [6, 6.07) is 9.26. The third kappa shape index (κ3) is 2.08. The molecule has 0 atom stereocenters. The smallest absolute Gasteiger partial charge is 0.240 e. The molecule has 0 saturated heterocycles. The van der Waals surface area contributed by atoms with Crippen molar-refractivity contribution in [2.75, 3.05) is 12.8 Å². The maximum absolute atomic E-state index is 6.22. The minimum Gasteiger partial charge on any atom is -0.497 e. The number of anilines is 1. The summed E-state index contributed by atoms with van der Waals surface area (Å²) in [5.41, 5.74) is 8.05. The van der Waals surface area contributed by atoms with Gasteiger partial charge in [-0.3, -0.25) is 0 Å². The van der Waals surface area contributed by atoms with Crippen LogP contribution in [0.3, 0.4) is 0 Å². The Labute approximate surface area is 114 Å². The Balaban J connectivity index is 2.17. The quantitative estimate of drug-likeness (QED) is 0.780. The van der Waals surface area contributed by atoms with Gasteiger partial charge in [-0.25, -0.2) is 4.52 Å². The van der Waals surface area contributed by atoms with Crippen LogP contribution in [0.5, 0.6) is 5.75 Å². The molecule has 0 aliphatic rings. The van der Waals surface area contributed by atoms with E-state index in [4.69, 9.17) is 22.1 Å². The van der Waals surface area contributed by atoms with E-state index in [9.17, 15) is 0 Å². The van der Waals surface area contributed by atoms with Crippen LogP contribution in [0.25, 0.3) is 16.8 Å². The molecular weight excluding hydrogens is 264 g/mol. The molecule has 3 rings (SSSR count). The van der Waals surface area contributed by atoms with Crippen LogP contribution in [0.2, 0.25) is 5.02 Å². The molecular formula is C13H11ClN4O. The van der Waals surface area contributed by atoms with Crippen molar-refractivity contribution < 1.29 is 4.74 Å². The number of rotatable bonds is 2. The molecule has 0 aliphatic carbocycles. The largest absolute Gasteiger partial charge is 0.497 e. The van der Waals surface area contributed by atoms with Crippen LogP contribution >= 0.6 is 11.6 Å². The molecule has 0 amide bonds. The van der Waals surface area contributed by atoms with Crippen molar-refractivity contribution in [3.05, 3.63) is 41.6 Å². The average Bonchev–Trinajstić information content (AvgIpc) is 2.78. The molecule has 2 aromatic heterocycles. The zero-order valence-electron chi connectivity index (χ0n) is 10.2. The minimum atomic E-state index is 0.244. The first-order valence-corrected chi connectivity index (χ1v) is 6.01. The number of benzene rings is 1. The summed E-state index contributed by atoms with van der Waals surface area (Å²) in [5.74, 6) is 0.992. The van der Waals surface area contributed by atoms with Crippen LogP contribution in [0, 0.1) is 0 Å². The number of pyridine rings is 1. The number of nitrogens with two attached hydrogens (primary N) is 1. The highest BCUT2D eigenvalue weighted by Crippen LogP contribution is 2.31. The molecule has 0 fully saturated rings. The van der Waals surface area contributed by atoms with Gasteiger partial charge in [0.15, 0.2) is 5.65 Å². The van der Waals surface area contributed by atoms with Crippen LogP contribution in [0.1, 0.15) is 0 Å². The van der Waals surface area contributed by atoms with Crippen LogP contribution in [0.15, 0.2) is 36.5 Å². The van der Waals surface area contributed by atoms with E-state index < -0.39 is 0 Å². The van der Waals surface area contributed by atoms with Gasteiger partial charge in [-0.1, -0.05) is 11.6 Å². The number of methoxy groups -OCH3 is 1. The van der Waals surface area contributed by atoms with Crippen LogP contribution < -0.4 is 10.5 Å². The zero-order chi connectivity index (χ0) is 13.4. The number of nitrogens with zero attached hydrogens (tertiary/aromatic N) is 3. The van der Waals surface area contributed by atoms with Gasteiger partial charge in [-0.05, 0) is 30.3 Å². The Bertz CT molecular complexity index is 753. The molecule has 0 spiro atoms. The van der Waals surface area contributed by atoms with Gasteiger partial charge >= 0.3 is 0 Å². The lowest BCUT2D eigenvalue weighted by atomic mass is 10.1. The lowest BCUT2D eigenvalue weighted by Crippen LogP contribution is -1.91. The molecule has 2 heterocycles. The second kappa shape index (κ2) is 4.44. The second-order valence-electron chi connectivity index (χ2n) is 4.04. The van der Waals surface area contributed by atoms with E-state index >= 15 is 0 Å². The van der Waals surface area contributed by atoms with E-state index in [2.05, 4.69) is 10.1 Å². The van der Waals surface area contributed by atoms with Gasteiger partial charge in [-0.15, -0.1) is 5.10 Å². The summed E-state index contributed by atoms with van der Waals surface area (Å²) < 4.78 is 6.83. The third-order valence-corrected chi connectivity index (χ3v) is 3.16. The maximum Gasteiger partial charge on any atom is 0.240 e. The van der Waals surface area contributed by atoms with Gasteiger partial charge < -0.3 is 10.5 Å². The number of ether oxygens (including phenoxy) is 1. The topological polar surface area (TPSA) is 65.4 Å². The van der Waals surface area contributed by atoms with Gasteiger partial charge in [0.1, 0.15) is 5.75 Å². The number of nitrogen functional groups attached to an aromatic ring is 1. The van der Waals surface area contributed by atoms with Crippen LogP contribution in [-0.4, -0.2) is 21.7 Å². The van der Waals surface area contributed by atoms with E-state index in [0.29, 0.717) is 10.7 Å². The standard InChI is InChI=1S/C13H11ClN4O/c1-19-9-3-4-11(14)10(6-9)8-2-5-12-16-13(15)17-18(12)7-8/h2-7H,1H3,(H2,15,17). The Morgan fingerprint density at radius 3 is 2.89 bits per heavy atom. The molecule has 6 heteroatoms. The van der Waals surface area contributed by atoms with Gasteiger partial charge in [0.2, 0.25) is 5.95 Å². The summed E-state index contributed by atoms with van der Waals surface area (Å²) in [6.45, 7) is 0. The monoisotopic (exact) mass is 274 g/mol. The molecule has 0 bridgehead atoms. The molecule has 0 radical (unpaired) electrons. The SMILES string of the molecule is COc1ccc(Cl)c(-c2ccc3nc(N)nn3c2)c1. The van der Waals surface area contributed by atoms with E-state index in [1.54, 1.807) is 17.7 Å². The Hall–Kier alpha value is -2.27. The summed E-state index contributed by atoms with van der Waals surface area (Å²) in [5, 5.41) is 4.73. The fraction of sp³-hybridized carbons (Fsp3) is 0.0769. The predicted octanol–water partition coefficient (Wildman–Crippen LogP) is 2.64. The molecule has 0 saturated carbocycles. The Kier molecular flexibility index (Phi) is 2.76. The molecule has 0 unspecified atom stereocenters.